The fourth-order valence-electron chi connectivity index (χ4n) is 3.66. The lowest BCUT2D eigenvalue weighted by Gasteiger charge is -2.19. The fourth-order valence-corrected chi connectivity index (χ4v) is 4.10. The molecule has 160 valence electrons. The number of benzene rings is 3. The van der Waals surface area contributed by atoms with Crippen LogP contribution in [-0.4, -0.2) is 16.4 Å². The summed E-state index contributed by atoms with van der Waals surface area (Å²) in [4.78, 5) is 19.1. The van der Waals surface area contributed by atoms with E-state index in [9.17, 15) is 14.4 Å². The van der Waals surface area contributed by atoms with Gasteiger partial charge in [0.05, 0.1) is 6.61 Å². The molecule has 0 aliphatic heterocycles. The molecule has 0 fully saturated rings. The van der Waals surface area contributed by atoms with Gasteiger partial charge in [-0.15, -0.1) is 0 Å². The first-order valence-electron chi connectivity index (χ1n) is 10.4. The highest BCUT2D eigenvalue weighted by Gasteiger charge is 2.23. The van der Waals surface area contributed by atoms with Gasteiger partial charge < -0.3 is 9.26 Å². The molecule has 0 aliphatic rings. The lowest BCUT2D eigenvalue weighted by molar-refractivity contribution is 0.283. The Morgan fingerprint density at radius 1 is 0.900 bits per heavy atom. The van der Waals surface area contributed by atoms with Gasteiger partial charge in [-0.1, -0.05) is 74.7 Å². The van der Waals surface area contributed by atoms with Crippen molar-refractivity contribution in [1.82, 2.24) is 0 Å². The first-order chi connectivity index (χ1) is 14.5. The summed E-state index contributed by atoms with van der Waals surface area (Å²) >= 11 is 0. The van der Waals surface area contributed by atoms with Crippen LogP contribution in [0.1, 0.15) is 43.7 Å². The minimum atomic E-state index is -4.69. The van der Waals surface area contributed by atoms with E-state index in [2.05, 4.69) is 13.0 Å². The molecule has 0 amide bonds. The van der Waals surface area contributed by atoms with Crippen LogP contribution in [0.15, 0.2) is 60.7 Å². The van der Waals surface area contributed by atoms with Gasteiger partial charge in [-0.05, 0) is 41.5 Å². The quantitative estimate of drug-likeness (QED) is 0.287. The molecule has 3 aromatic carbocycles. The smallest absolute Gasteiger partial charge is 0.493 e. The number of fused-ring (bicyclic) bond motifs is 1. The van der Waals surface area contributed by atoms with Crippen molar-refractivity contribution in [2.45, 2.75) is 45.4 Å². The van der Waals surface area contributed by atoms with Crippen LogP contribution in [0.2, 0.25) is 0 Å². The molecule has 0 aliphatic carbocycles. The van der Waals surface area contributed by atoms with Crippen molar-refractivity contribution in [3.8, 4) is 11.5 Å². The van der Waals surface area contributed by atoms with Gasteiger partial charge in [0.15, 0.2) is 0 Å². The molecule has 0 bridgehead atoms. The predicted octanol–water partition coefficient (Wildman–Crippen LogP) is 6.06. The summed E-state index contributed by atoms with van der Waals surface area (Å²) in [5.74, 6) is 1.10. The van der Waals surface area contributed by atoms with Gasteiger partial charge in [-0.25, -0.2) is 4.57 Å². The van der Waals surface area contributed by atoms with E-state index < -0.39 is 7.82 Å². The first-order valence-corrected chi connectivity index (χ1v) is 12.0. The summed E-state index contributed by atoms with van der Waals surface area (Å²) < 4.78 is 22.8. The maximum atomic E-state index is 11.7. The fraction of sp³-hybridized carbons (Fsp3) is 0.333. The minimum Gasteiger partial charge on any atom is -0.493 e. The Morgan fingerprint density at radius 2 is 1.63 bits per heavy atom. The molecule has 0 spiro atoms. The summed E-state index contributed by atoms with van der Waals surface area (Å²) in [7, 11) is -4.69. The van der Waals surface area contributed by atoms with Crippen molar-refractivity contribution >= 4 is 18.6 Å². The second-order valence-electron chi connectivity index (χ2n) is 7.37. The number of rotatable bonds is 11. The Hall–Kier alpha value is -2.33. The van der Waals surface area contributed by atoms with Crippen LogP contribution in [0.25, 0.3) is 10.8 Å². The van der Waals surface area contributed by atoms with Gasteiger partial charge >= 0.3 is 7.82 Å². The number of para-hydroxylation sites is 1. The van der Waals surface area contributed by atoms with Gasteiger partial charge in [0.1, 0.15) is 11.5 Å². The van der Waals surface area contributed by atoms with Crippen molar-refractivity contribution in [3.05, 3.63) is 71.8 Å². The monoisotopic (exact) mass is 428 g/mol. The minimum absolute atomic E-state index is 0.299. The second kappa shape index (κ2) is 10.6. The molecule has 0 heterocycles. The average molecular weight is 428 g/mol. The molecule has 2 N–H and O–H groups in total. The number of unbranched alkanes of at least 4 members (excludes halogenated alkanes) is 3. The van der Waals surface area contributed by atoms with E-state index in [0.29, 0.717) is 25.2 Å². The van der Waals surface area contributed by atoms with Gasteiger partial charge in [0.2, 0.25) is 0 Å². The Morgan fingerprint density at radius 3 is 2.37 bits per heavy atom. The molecular formula is C24H29O5P. The number of phosphoric ester groups is 1. The van der Waals surface area contributed by atoms with Crippen LogP contribution in [0, 0.1) is 0 Å². The average Bonchev–Trinajstić information content (AvgIpc) is 2.72. The third kappa shape index (κ3) is 6.33. The van der Waals surface area contributed by atoms with Crippen LogP contribution in [0.4, 0.5) is 0 Å². The summed E-state index contributed by atoms with van der Waals surface area (Å²) in [6.07, 6.45) is 5.60. The number of ether oxygens (including phenoxy) is 1. The Labute approximate surface area is 177 Å². The van der Waals surface area contributed by atoms with Gasteiger partial charge in [0.25, 0.3) is 0 Å². The van der Waals surface area contributed by atoms with Crippen LogP contribution >= 0.6 is 7.82 Å². The van der Waals surface area contributed by atoms with Crippen molar-refractivity contribution in [3.63, 3.8) is 0 Å². The van der Waals surface area contributed by atoms with Gasteiger partial charge in [-0.2, -0.15) is 0 Å². The van der Waals surface area contributed by atoms with E-state index in [1.807, 2.05) is 54.6 Å². The van der Waals surface area contributed by atoms with E-state index in [1.165, 1.54) is 0 Å². The zero-order valence-corrected chi connectivity index (χ0v) is 18.2. The van der Waals surface area contributed by atoms with E-state index in [0.717, 1.165) is 53.3 Å². The predicted molar refractivity (Wildman–Crippen MR) is 120 cm³/mol. The second-order valence-corrected chi connectivity index (χ2v) is 8.53. The van der Waals surface area contributed by atoms with Crippen LogP contribution in [-0.2, 0) is 17.4 Å². The van der Waals surface area contributed by atoms with Crippen molar-refractivity contribution in [2.24, 2.45) is 0 Å². The molecule has 0 saturated carbocycles. The molecule has 6 heteroatoms. The normalized spacial score (nSPS) is 11.6. The van der Waals surface area contributed by atoms with Crippen LogP contribution in [0.5, 0.6) is 11.5 Å². The largest absolute Gasteiger partial charge is 0.524 e. The van der Waals surface area contributed by atoms with Crippen molar-refractivity contribution < 1.29 is 23.6 Å². The highest BCUT2D eigenvalue weighted by Crippen LogP contribution is 2.44. The third-order valence-corrected chi connectivity index (χ3v) is 5.49. The van der Waals surface area contributed by atoms with Crippen LogP contribution < -0.4 is 9.26 Å². The maximum absolute atomic E-state index is 11.7. The molecule has 0 aromatic heterocycles. The Bertz CT molecular complexity index is 997. The third-order valence-electron chi connectivity index (χ3n) is 5.07. The number of phosphoric acid groups is 1. The molecule has 5 nitrogen and oxygen atoms in total. The van der Waals surface area contributed by atoms with E-state index in [-0.39, 0.29) is 0 Å². The number of hydrogen-bond acceptors (Lipinski definition) is 3. The summed E-state index contributed by atoms with van der Waals surface area (Å²) in [6.45, 7) is 2.63. The van der Waals surface area contributed by atoms with Gasteiger partial charge in [0, 0.05) is 11.8 Å². The molecule has 0 saturated heterocycles. The molecule has 30 heavy (non-hydrogen) atoms. The topological polar surface area (TPSA) is 76.0 Å². The molecule has 0 atom stereocenters. The van der Waals surface area contributed by atoms with Crippen molar-refractivity contribution in [1.29, 1.82) is 0 Å². The summed E-state index contributed by atoms with van der Waals surface area (Å²) in [5, 5.41) is 1.62. The molecule has 0 radical (unpaired) electrons. The highest BCUT2D eigenvalue weighted by atomic mass is 31.2. The highest BCUT2D eigenvalue weighted by molar-refractivity contribution is 7.46. The van der Waals surface area contributed by atoms with E-state index in [4.69, 9.17) is 9.26 Å². The van der Waals surface area contributed by atoms with Gasteiger partial charge in [-0.3, -0.25) is 9.79 Å². The summed E-state index contributed by atoms with van der Waals surface area (Å²) in [5.41, 5.74) is 1.87. The molecule has 3 rings (SSSR count). The standard InChI is InChI=1S/C24H29O5P/c1-2-3-4-8-14-23-20(16-17-28-21-12-6-5-7-13-21)18-19-11-9-10-15-22(19)24(23)29-30(25,26)27/h5-7,9-13,15,18H,2-4,8,14,16-17H2,1H3,(H2,25,26,27). The van der Waals surface area contributed by atoms with E-state index in [1.54, 1.807) is 0 Å². The maximum Gasteiger partial charge on any atom is 0.524 e. The SMILES string of the molecule is CCCCCCc1c(CCOc2ccccc2)cc2ccccc2c1OP(=O)(O)O. The molecular weight excluding hydrogens is 399 g/mol. The van der Waals surface area contributed by atoms with Crippen LogP contribution in [0.3, 0.4) is 0 Å². The van der Waals surface area contributed by atoms with E-state index >= 15 is 0 Å². The molecule has 0 unspecified atom stereocenters. The zero-order valence-electron chi connectivity index (χ0n) is 17.3. The van der Waals surface area contributed by atoms with Crippen molar-refractivity contribution in [2.75, 3.05) is 6.61 Å². The number of hydrogen-bond donors (Lipinski definition) is 2. The summed E-state index contributed by atoms with van der Waals surface area (Å²) in [6, 6.07) is 19.3. The Kier molecular flexibility index (Phi) is 7.92. The lowest BCUT2D eigenvalue weighted by Crippen LogP contribution is -2.07. The molecule has 3 aromatic rings. The lowest BCUT2D eigenvalue weighted by atomic mass is 9.94. The first kappa shape index (κ1) is 22.4. The zero-order chi connectivity index (χ0) is 21.4. The Balaban J connectivity index is 1.94.